The number of anilines is 1. The number of carbonyl (C=O) groups is 1. The molecular weight excluding hydrogens is 385 g/mol. The molecule has 3 rings (SSSR count). The lowest BCUT2D eigenvalue weighted by Crippen LogP contribution is -2.49. The molecule has 8 heteroatoms. The van der Waals surface area contributed by atoms with Crippen LogP contribution in [0.15, 0.2) is 59.8 Å². The lowest BCUT2D eigenvalue weighted by Gasteiger charge is -2.35. The fraction of sp³-hybridized carbons (Fsp3) is 0.364. The third-order valence-electron chi connectivity index (χ3n) is 5.00. The quantitative estimate of drug-likeness (QED) is 0.394. The summed E-state index contributed by atoms with van der Waals surface area (Å²) >= 11 is 0. The van der Waals surface area contributed by atoms with Gasteiger partial charge in [0.05, 0.1) is 12.6 Å². The number of hydrogen-bond donors (Lipinski definition) is 2. The van der Waals surface area contributed by atoms with Gasteiger partial charge in [-0.25, -0.2) is 4.39 Å². The number of amidine groups is 1. The molecule has 0 bridgehead atoms. The molecule has 0 aliphatic carbocycles. The predicted octanol–water partition coefficient (Wildman–Crippen LogP) is 2.11. The van der Waals surface area contributed by atoms with Crippen LogP contribution in [0, 0.1) is 5.82 Å². The first-order valence-electron chi connectivity index (χ1n) is 10.0. The van der Waals surface area contributed by atoms with E-state index in [1.165, 1.54) is 17.8 Å². The summed E-state index contributed by atoms with van der Waals surface area (Å²) in [5, 5.41) is 6.63. The Morgan fingerprint density at radius 3 is 2.47 bits per heavy atom. The summed E-state index contributed by atoms with van der Waals surface area (Å²) in [6, 6.07) is 16.1. The van der Waals surface area contributed by atoms with Crippen molar-refractivity contribution in [3.05, 3.63) is 66.0 Å². The van der Waals surface area contributed by atoms with Gasteiger partial charge in [-0.2, -0.15) is 0 Å². The van der Waals surface area contributed by atoms with Crippen LogP contribution in [0.2, 0.25) is 0 Å². The van der Waals surface area contributed by atoms with Gasteiger partial charge in [0.25, 0.3) is 5.91 Å². The number of nitrogens with zero attached hydrogens (tertiary/aromatic N) is 3. The number of nitrogens with one attached hydrogen (secondary N) is 1. The van der Waals surface area contributed by atoms with Gasteiger partial charge in [-0.05, 0) is 36.8 Å². The fourth-order valence-corrected chi connectivity index (χ4v) is 3.35. The van der Waals surface area contributed by atoms with Gasteiger partial charge in [0.1, 0.15) is 5.82 Å². The largest absolute Gasteiger partial charge is 0.384 e. The molecule has 0 aromatic heterocycles. The Balaban J connectivity index is 1.36. The molecule has 1 atom stereocenters. The lowest BCUT2D eigenvalue weighted by atomic mass is 10.1. The van der Waals surface area contributed by atoms with Gasteiger partial charge in [0.2, 0.25) is 0 Å². The zero-order valence-corrected chi connectivity index (χ0v) is 17.1. The predicted molar refractivity (Wildman–Crippen MR) is 116 cm³/mol. The highest BCUT2D eigenvalue weighted by Gasteiger charge is 2.18. The molecule has 0 unspecified atom stereocenters. The maximum Gasteiger partial charge on any atom is 0.261 e. The van der Waals surface area contributed by atoms with Crippen LogP contribution in [0.4, 0.5) is 10.1 Å². The van der Waals surface area contributed by atoms with Crippen LogP contribution in [-0.4, -0.2) is 56.0 Å². The van der Waals surface area contributed by atoms with E-state index in [0.717, 1.165) is 31.7 Å². The highest BCUT2D eigenvalue weighted by atomic mass is 19.1. The van der Waals surface area contributed by atoms with Crippen LogP contribution in [-0.2, 0) is 9.63 Å². The first-order chi connectivity index (χ1) is 14.5. The average Bonchev–Trinajstić information content (AvgIpc) is 2.75. The van der Waals surface area contributed by atoms with Crippen molar-refractivity contribution in [2.45, 2.75) is 13.0 Å². The second kappa shape index (κ2) is 10.6. The number of oxime groups is 1. The molecule has 2 aromatic carbocycles. The maximum absolute atomic E-state index is 13.0. The maximum atomic E-state index is 13.0. The van der Waals surface area contributed by atoms with Crippen LogP contribution < -0.4 is 16.0 Å². The summed E-state index contributed by atoms with van der Waals surface area (Å²) in [7, 11) is 0. The van der Waals surface area contributed by atoms with Gasteiger partial charge < -0.3 is 20.8 Å². The van der Waals surface area contributed by atoms with Crippen LogP contribution in [0.25, 0.3) is 0 Å². The van der Waals surface area contributed by atoms with E-state index in [2.05, 4.69) is 32.4 Å². The third kappa shape index (κ3) is 6.45. The van der Waals surface area contributed by atoms with E-state index in [0.29, 0.717) is 12.4 Å². The van der Waals surface area contributed by atoms with Crippen LogP contribution in [0.5, 0.6) is 0 Å². The van der Waals surface area contributed by atoms with Crippen LogP contribution in [0.3, 0.4) is 0 Å². The summed E-state index contributed by atoms with van der Waals surface area (Å²) in [6.45, 7) is 5.67. The lowest BCUT2D eigenvalue weighted by molar-refractivity contribution is -0.126. The van der Waals surface area contributed by atoms with Gasteiger partial charge in [-0.3, -0.25) is 9.69 Å². The van der Waals surface area contributed by atoms with E-state index in [1.54, 1.807) is 12.1 Å². The summed E-state index contributed by atoms with van der Waals surface area (Å²) in [5.74, 6) is -0.297. The summed E-state index contributed by atoms with van der Waals surface area (Å²) in [4.78, 5) is 21.6. The minimum absolute atomic E-state index is 0.228. The zero-order chi connectivity index (χ0) is 21.3. The van der Waals surface area contributed by atoms with Crippen molar-refractivity contribution < 1.29 is 14.0 Å². The van der Waals surface area contributed by atoms with E-state index < -0.39 is 0 Å². The first kappa shape index (κ1) is 21.6. The van der Waals surface area contributed by atoms with Crippen LogP contribution in [0.1, 0.15) is 18.5 Å². The Kier molecular flexibility index (Phi) is 7.62. The highest BCUT2D eigenvalue weighted by molar-refractivity contribution is 5.82. The summed E-state index contributed by atoms with van der Waals surface area (Å²) in [5.41, 5.74) is 7.98. The van der Waals surface area contributed by atoms with E-state index in [-0.39, 0.29) is 24.4 Å². The number of amides is 1. The van der Waals surface area contributed by atoms with Crippen molar-refractivity contribution in [2.75, 3.05) is 44.2 Å². The molecule has 1 fully saturated rings. The molecule has 0 spiro atoms. The molecule has 7 nitrogen and oxygen atoms in total. The second-order valence-electron chi connectivity index (χ2n) is 7.30. The van der Waals surface area contributed by atoms with E-state index in [9.17, 15) is 9.18 Å². The van der Waals surface area contributed by atoms with Gasteiger partial charge in [-0.1, -0.05) is 35.5 Å². The number of benzene rings is 2. The number of rotatable bonds is 8. The number of halogens is 1. The zero-order valence-electron chi connectivity index (χ0n) is 17.1. The number of hydrogen-bond acceptors (Lipinski definition) is 5. The summed E-state index contributed by atoms with van der Waals surface area (Å²) < 4.78 is 13.0. The van der Waals surface area contributed by atoms with Gasteiger partial charge in [-0.15, -0.1) is 0 Å². The van der Waals surface area contributed by atoms with Crippen molar-refractivity contribution in [2.24, 2.45) is 10.9 Å². The van der Waals surface area contributed by atoms with E-state index >= 15 is 0 Å². The molecule has 2 aromatic rings. The minimum Gasteiger partial charge on any atom is -0.384 e. The van der Waals surface area contributed by atoms with Crippen LogP contribution >= 0.6 is 0 Å². The molecule has 1 saturated heterocycles. The molecule has 30 heavy (non-hydrogen) atoms. The van der Waals surface area contributed by atoms with Crippen molar-refractivity contribution in [1.29, 1.82) is 0 Å². The van der Waals surface area contributed by atoms with E-state index in [4.69, 9.17) is 10.6 Å². The molecule has 160 valence electrons. The van der Waals surface area contributed by atoms with Crippen molar-refractivity contribution in [1.82, 2.24) is 10.2 Å². The standard InChI is InChI=1S/C22H28FN5O2/c1-17(18-7-9-19(23)10-8-18)25-22(29)16-30-26-21(24)15-27-11-13-28(14-12-27)20-5-3-2-4-6-20/h2-10,17H,11-16H2,1H3,(H2,24,26)(H,25,29)/t17-/m1/s1. The molecule has 1 amide bonds. The number of nitrogens with two attached hydrogens (primary N) is 1. The minimum atomic E-state index is -0.320. The smallest absolute Gasteiger partial charge is 0.261 e. The molecule has 0 radical (unpaired) electrons. The van der Waals surface area contributed by atoms with Gasteiger partial charge in [0.15, 0.2) is 12.4 Å². The first-order valence-corrected chi connectivity index (χ1v) is 10.0. The number of para-hydroxylation sites is 1. The Bertz CT molecular complexity index is 836. The van der Waals surface area contributed by atoms with E-state index in [1.807, 2.05) is 25.1 Å². The number of carbonyl (C=O) groups excluding carboxylic acids is 1. The third-order valence-corrected chi connectivity index (χ3v) is 5.00. The summed E-state index contributed by atoms with van der Waals surface area (Å²) in [6.07, 6.45) is 0. The SMILES string of the molecule is C[C@@H](NC(=O)CO/N=C(/N)CN1CCN(c2ccccc2)CC1)c1ccc(F)cc1. The molecule has 1 aliphatic heterocycles. The average molecular weight is 413 g/mol. The number of piperazine rings is 1. The van der Waals surface area contributed by atoms with Gasteiger partial charge >= 0.3 is 0 Å². The van der Waals surface area contributed by atoms with Gasteiger partial charge in [0, 0.05) is 31.9 Å². The topological polar surface area (TPSA) is 83.2 Å². The Morgan fingerprint density at radius 2 is 1.80 bits per heavy atom. The Morgan fingerprint density at radius 1 is 1.13 bits per heavy atom. The molecular formula is C22H28FN5O2. The normalized spacial score (nSPS) is 16.2. The Hall–Kier alpha value is -3.13. The van der Waals surface area contributed by atoms with Crippen molar-refractivity contribution in [3.8, 4) is 0 Å². The monoisotopic (exact) mass is 413 g/mol. The molecule has 0 saturated carbocycles. The van der Waals surface area contributed by atoms with Crippen molar-refractivity contribution in [3.63, 3.8) is 0 Å². The fourth-order valence-electron chi connectivity index (χ4n) is 3.35. The van der Waals surface area contributed by atoms with Crippen molar-refractivity contribution >= 4 is 17.4 Å². The molecule has 3 N–H and O–H groups in total. The second-order valence-corrected chi connectivity index (χ2v) is 7.30. The molecule has 1 aliphatic rings. The highest BCUT2D eigenvalue weighted by Crippen LogP contribution is 2.15. The Labute approximate surface area is 176 Å². The molecule has 1 heterocycles.